The molecule has 0 aromatic carbocycles. The lowest BCUT2D eigenvalue weighted by Gasteiger charge is -2.50. The van der Waals surface area contributed by atoms with Crippen LogP contribution < -0.4 is 16.0 Å². The molecule has 0 bridgehead atoms. The number of carbonyl (C=O) groups is 3. The zero-order chi connectivity index (χ0) is 64.2. The van der Waals surface area contributed by atoms with Crippen molar-refractivity contribution in [3.05, 3.63) is 0 Å². The number of nitrogens with one attached hydrogen (secondary N) is 3. The van der Waals surface area contributed by atoms with Gasteiger partial charge in [0.1, 0.15) is 171 Å². The van der Waals surface area contributed by atoms with Crippen molar-refractivity contribution < 1.29 is 178 Å². The van der Waals surface area contributed by atoms with Crippen molar-refractivity contribution in [3.8, 4) is 0 Å². The molecule has 0 radical (unpaired) electrons. The maximum Gasteiger partial charge on any atom is 0.217 e. The molecule has 0 unspecified atom stereocenters. The van der Waals surface area contributed by atoms with Gasteiger partial charge in [0.2, 0.25) is 17.7 Å². The number of carbonyl (C=O) groups excluding carboxylic acids is 3. The molecule has 87 heavy (non-hydrogen) atoms. The molecule has 35 atom stereocenters. The first-order valence-corrected chi connectivity index (χ1v) is 27.6. The van der Waals surface area contributed by atoms with Crippen molar-refractivity contribution in [1.29, 1.82) is 0 Å². The average Bonchev–Trinajstić information content (AvgIpc) is 1.11. The first kappa shape index (κ1) is 71.5. The minimum absolute atomic E-state index is 0.731. The molecule has 0 aromatic heterocycles. The summed E-state index contributed by atoms with van der Waals surface area (Å²) in [5.74, 6) is -2.47. The Morgan fingerprint density at radius 3 is 1.03 bits per heavy atom. The minimum Gasteiger partial charge on any atom is -0.394 e. The van der Waals surface area contributed by atoms with Gasteiger partial charge in [-0.2, -0.15) is 0 Å². The van der Waals surface area contributed by atoms with E-state index in [0.29, 0.717) is 0 Å². The van der Waals surface area contributed by atoms with Gasteiger partial charge in [-0.1, -0.05) is 0 Å². The number of hydrogen-bond donors (Lipinski definition) is 23. The van der Waals surface area contributed by atoms with Crippen molar-refractivity contribution in [2.75, 3.05) is 46.2 Å². The molecule has 7 saturated heterocycles. The van der Waals surface area contributed by atoms with Crippen LogP contribution in [0.3, 0.4) is 0 Å². The standard InChI is InChI=1S/C48H81N3O36/c1-11(57)49-21-29(65)24(60)14(4-52)78-44(21)86-40-27(63)15(5-53)80-48(36(40)72)85-39-18(8-56)82-45(23(31(39)67)51-13(3)59)87-41-28(64)16(6-54)79-47(37(41)73)84-38-17(7-55)81-43(22(30(38)66)50-12(2)58)75-10-20-26(62)33(69)35(71)46(83-20)76-9-19-25(61)32(68)34(70)42(74)77-19/h14-48,52-56,60-74H,4-10H2,1-3H3,(H,49,57)(H,50,58)(H,51,59)/t14-,15-,16-,17-,18-,19-,20-,21-,22-,23-,24-,25-,26-,27+,28+,29-,30-,31-,32+,33+,34+,35+,36-,37-,38-,39-,40+,41+,42-,43-,44+,45+,46+,47+,48+/m1/s1. The lowest BCUT2D eigenvalue weighted by Crippen LogP contribution is -2.70. The predicted octanol–water partition coefficient (Wildman–Crippen LogP) is -15.8. The first-order chi connectivity index (χ1) is 41.1. The Kier molecular flexibility index (Phi) is 25.6. The highest BCUT2D eigenvalue weighted by molar-refractivity contribution is 5.74. The van der Waals surface area contributed by atoms with Crippen molar-refractivity contribution in [3.63, 3.8) is 0 Å². The van der Waals surface area contributed by atoms with Crippen LogP contribution in [-0.2, 0) is 76.0 Å². The van der Waals surface area contributed by atoms with Gasteiger partial charge in [0.25, 0.3) is 0 Å². The molecule has 7 heterocycles. The van der Waals surface area contributed by atoms with Crippen LogP contribution in [0.15, 0.2) is 0 Å². The van der Waals surface area contributed by atoms with Gasteiger partial charge in [-0.25, -0.2) is 0 Å². The molecule has 0 spiro atoms. The summed E-state index contributed by atoms with van der Waals surface area (Å²) in [7, 11) is 0. The van der Waals surface area contributed by atoms with Gasteiger partial charge < -0.3 is 180 Å². The zero-order valence-corrected chi connectivity index (χ0v) is 46.6. The lowest BCUT2D eigenvalue weighted by atomic mass is 9.94. The van der Waals surface area contributed by atoms with E-state index in [1.165, 1.54) is 0 Å². The van der Waals surface area contributed by atoms with Crippen LogP contribution in [0.4, 0.5) is 0 Å². The smallest absolute Gasteiger partial charge is 0.217 e. The van der Waals surface area contributed by atoms with E-state index in [2.05, 4.69) is 16.0 Å². The topological polar surface area (TPSA) is 612 Å². The zero-order valence-electron chi connectivity index (χ0n) is 46.6. The Labute approximate surface area is 492 Å². The Hall–Kier alpha value is -2.91. The summed E-state index contributed by atoms with van der Waals surface area (Å²) in [5.41, 5.74) is 0. The van der Waals surface area contributed by atoms with Gasteiger partial charge in [0.15, 0.2) is 44.0 Å². The highest BCUT2D eigenvalue weighted by atomic mass is 16.8. The third-order valence-electron chi connectivity index (χ3n) is 15.7. The molecule has 7 aliphatic rings. The second-order valence-electron chi connectivity index (χ2n) is 21.9. The molecule has 39 nitrogen and oxygen atoms in total. The highest BCUT2D eigenvalue weighted by Crippen LogP contribution is 2.37. The van der Waals surface area contributed by atoms with Crippen molar-refractivity contribution in [2.45, 2.75) is 236 Å². The number of rotatable bonds is 22. The average molecular weight is 1280 g/mol. The summed E-state index contributed by atoms with van der Waals surface area (Å²) >= 11 is 0. The van der Waals surface area contributed by atoms with Gasteiger partial charge in [-0.15, -0.1) is 0 Å². The molecular formula is C48H81N3O36. The van der Waals surface area contributed by atoms with E-state index in [1.54, 1.807) is 0 Å². The largest absolute Gasteiger partial charge is 0.394 e. The summed E-state index contributed by atoms with van der Waals surface area (Å²) in [6.07, 6.45) is -60.7. The van der Waals surface area contributed by atoms with E-state index in [4.69, 9.17) is 61.6 Å². The molecule has 7 rings (SSSR count). The van der Waals surface area contributed by atoms with Crippen LogP contribution in [0.1, 0.15) is 20.8 Å². The van der Waals surface area contributed by atoms with Crippen molar-refractivity contribution >= 4 is 17.7 Å². The molecule has 7 aliphatic heterocycles. The van der Waals surface area contributed by atoms with E-state index >= 15 is 0 Å². The fourth-order valence-electron chi connectivity index (χ4n) is 11.0. The van der Waals surface area contributed by atoms with Gasteiger partial charge in [-0.3, -0.25) is 14.4 Å². The maximum atomic E-state index is 12.7. The van der Waals surface area contributed by atoms with E-state index in [0.717, 1.165) is 20.8 Å². The second kappa shape index (κ2) is 31.1. The Morgan fingerprint density at radius 2 is 0.609 bits per heavy atom. The summed E-state index contributed by atoms with van der Waals surface area (Å²) in [5, 5.41) is 222. The summed E-state index contributed by atoms with van der Waals surface area (Å²) in [6, 6.07) is -5.13. The van der Waals surface area contributed by atoms with Gasteiger partial charge in [0, 0.05) is 20.8 Å². The Morgan fingerprint density at radius 1 is 0.299 bits per heavy atom. The highest BCUT2D eigenvalue weighted by Gasteiger charge is 2.58. The quantitative estimate of drug-likeness (QED) is 0.0479. The molecule has 0 saturated carbocycles. The SMILES string of the molecule is CC(=O)N[C@H]1[C@H](OC[C@H]2O[C@H](OC[C@H]3O[C@@H](O)[C@@H](O)[C@@H](O)[C@@H]3O)[C@@H](O)[C@@H](O)[C@@H]2O)O[C@H](CO)[C@@H](O[C@@H]2O[C@H](CO)[C@H](O)[C@H](O[C@@H]3O[C@H](CO)[C@@H](O[C@@H]4O[C@H](CO)[C@H](O)[C@H](O[C@@H]5O[C@H](CO)[C@@H](O)[C@H](O)[C@H]5NC(C)=O)[C@H]4O)[C@H](O)[C@H]3NC(C)=O)[C@H]2O)[C@@H]1O. The van der Waals surface area contributed by atoms with Crippen molar-refractivity contribution in [2.24, 2.45) is 0 Å². The van der Waals surface area contributed by atoms with E-state index in [1.807, 2.05) is 0 Å². The maximum absolute atomic E-state index is 12.7. The van der Waals surface area contributed by atoms with E-state index < -0.39 is 279 Å². The monoisotopic (exact) mass is 1280 g/mol. The normalized spacial score (nSPS) is 48.9. The Bertz CT molecular complexity index is 2190. The van der Waals surface area contributed by atoms with Gasteiger partial charge in [-0.05, 0) is 0 Å². The van der Waals surface area contributed by atoms with Crippen LogP contribution in [0.2, 0.25) is 0 Å². The van der Waals surface area contributed by atoms with E-state index in [9.17, 15) is 117 Å². The number of amides is 3. The van der Waals surface area contributed by atoms with Gasteiger partial charge in [0.05, 0.1) is 46.2 Å². The molecule has 0 aliphatic carbocycles. The summed E-state index contributed by atoms with van der Waals surface area (Å²) in [4.78, 5) is 37.4. The molecule has 23 N–H and O–H groups in total. The van der Waals surface area contributed by atoms with Crippen LogP contribution in [0.5, 0.6) is 0 Å². The first-order valence-electron chi connectivity index (χ1n) is 27.6. The molecule has 504 valence electrons. The van der Waals surface area contributed by atoms with E-state index in [-0.39, 0.29) is 0 Å². The predicted molar refractivity (Wildman–Crippen MR) is 267 cm³/mol. The second-order valence-corrected chi connectivity index (χ2v) is 21.9. The number of aliphatic hydroxyl groups excluding tert-OH is 20. The Balaban J connectivity index is 1.04. The van der Waals surface area contributed by atoms with Crippen LogP contribution in [0.25, 0.3) is 0 Å². The van der Waals surface area contributed by atoms with Crippen LogP contribution in [-0.4, -0.2) is 381 Å². The summed E-state index contributed by atoms with van der Waals surface area (Å²) in [6.45, 7) is -3.55. The third kappa shape index (κ3) is 15.9. The summed E-state index contributed by atoms with van der Waals surface area (Å²) < 4.78 is 74.4. The molecular weight excluding hydrogens is 1190 g/mol. The van der Waals surface area contributed by atoms with Crippen LogP contribution in [0, 0.1) is 0 Å². The number of aliphatic hydroxyl groups is 20. The van der Waals surface area contributed by atoms with Crippen LogP contribution >= 0.6 is 0 Å². The fourth-order valence-corrected chi connectivity index (χ4v) is 11.0. The number of hydrogen-bond acceptors (Lipinski definition) is 36. The molecule has 39 heteroatoms. The lowest BCUT2D eigenvalue weighted by molar-refractivity contribution is -0.383. The minimum atomic E-state index is -2.25. The van der Waals surface area contributed by atoms with Crippen molar-refractivity contribution in [1.82, 2.24) is 16.0 Å². The molecule has 7 fully saturated rings. The number of ether oxygens (including phenoxy) is 13. The van der Waals surface area contributed by atoms with Gasteiger partial charge >= 0.3 is 0 Å². The molecule has 3 amide bonds. The fraction of sp³-hybridized carbons (Fsp3) is 0.938. The third-order valence-corrected chi connectivity index (χ3v) is 15.7. The molecule has 0 aromatic rings.